The first kappa shape index (κ1) is 16.0. The smallest absolute Gasteiger partial charge is 0.326 e. The van der Waals surface area contributed by atoms with E-state index in [4.69, 9.17) is 4.74 Å². The van der Waals surface area contributed by atoms with Gasteiger partial charge in [-0.25, -0.2) is 9.78 Å². The number of hydrogen-bond acceptors (Lipinski definition) is 4. The highest BCUT2D eigenvalue weighted by Gasteiger charge is 2.35. The third-order valence-electron chi connectivity index (χ3n) is 4.05. The fourth-order valence-corrected chi connectivity index (χ4v) is 2.79. The number of hydrogen-bond donors (Lipinski definition) is 2. The van der Waals surface area contributed by atoms with Gasteiger partial charge in [-0.15, -0.1) is 0 Å². The van der Waals surface area contributed by atoms with E-state index in [1.807, 2.05) is 30.3 Å². The molecule has 1 aromatic heterocycles. The fraction of sp³-hybridized carbons (Fsp3) is 0.353. The van der Waals surface area contributed by atoms with Crippen LogP contribution >= 0.6 is 0 Å². The van der Waals surface area contributed by atoms with E-state index in [-0.39, 0.29) is 25.3 Å². The summed E-state index contributed by atoms with van der Waals surface area (Å²) in [5.74, 6) is -0.426. The summed E-state index contributed by atoms with van der Waals surface area (Å²) < 4.78 is 5.56. The van der Waals surface area contributed by atoms with Crippen molar-refractivity contribution in [2.45, 2.75) is 31.8 Å². The molecule has 126 valence electrons. The van der Waals surface area contributed by atoms with E-state index in [1.54, 1.807) is 0 Å². The molecule has 2 N–H and O–H groups in total. The summed E-state index contributed by atoms with van der Waals surface area (Å²) in [6.07, 6.45) is 2.55. The Morgan fingerprint density at radius 1 is 1.33 bits per heavy atom. The highest BCUT2D eigenvalue weighted by molar-refractivity contribution is 5.84. The standard InChI is InChI=1S/C17H19N3O4/c21-16(7-4-8-24-12-5-2-1-3-6-12)20-10-14-13(18-11-19-14)9-15(20)17(22)23/h1-3,5-6,11,15H,4,7-10H2,(H,18,19)(H,22,23). The van der Waals surface area contributed by atoms with Crippen LogP contribution < -0.4 is 4.74 Å². The van der Waals surface area contributed by atoms with Crippen molar-refractivity contribution in [2.75, 3.05) is 6.61 Å². The van der Waals surface area contributed by atoms with Crippen LogP contribution in [0.3, 0.4) is 0 Å². The maximum Gasteiger partial charge on any atom is 0.326 e. The third-order valence-corrected chi connectivity index (χ3v) is 4.05. The number of H-pyrrole nitrogens is 1. The number of imidazole rings is 1. The number of nitrogens with one attached hydrogen (secondary N) is 1. The van der Waals surface area contributed by atoms with Gasteiger partial charge in [0.25, 0.3) is 0 Å². The summed E-state index contributed by atoms with van der Waals surface area (Å²) in [5.41, 5.74) is 1.53. The van der Waals surface area contributed by atoms with Crippen LogP contribution in [0.5, 0.6) is 5.75 Å². The topological polar surface area (TPSA) is 95.5 Å². The first-order valence-electron chi connectivity index (χ1n) is 7.86. The third kappa shape index (κ3) is 3.56. The van der Waals surface area contributed by atoms with Crippen molar-refractivity contribution in [3.63, 3.8) is 0 Å². The number of para-hydroxylation sites is 1. The van der Waals surface area contributed by atoms with E-state index in [9.17, 15) is 14.7 Å². The number of carbonyl (C=O) groups excluding carboxylic acids is 1. The van der Waals surface area contributed by atoms with Gasteiger partial charge >= 0.3 is 5.97 Å². The molecule has 1 aliphatic heterocycles. The van der Waals surface area contributed by atoms with Gasteiger partial charge < -0.3 is 19.7 Å². The normalized spacial score (nSPS) is 16.5. The zero-order valence-corrected chi connectivity index (χ0v) is 13.1. The number of aliphatic carboxylic acids is 1. The number of carboxylic acids is 1. The zero-order chi connectivity index (χ0) is 16.9. The maximum absolute atomic E-state index is 12.4. The molecule has 2 aromatic rings. The molecule has 1 atom stereocenters. The molecule has 1 aromatic carbocycles. The Labute approximate surface area is 139 Å². The molecule has 7 heteroatoms. The average Bonchev–Trinajstić information content (AvgIpc) is 3.05. The minimum absolute atomic E-state index is 0.181. The maximum atomic E-state index is 12.4. The van der Waals surface area contributed by atoms with Crippen molar-refractivity contribution in [3.8, 4) is 5.75 Å². The Morgan fingerprint density at radius 2 is 2.12 bits per heavy atom. The lowest BCUT2D eigenvalue weighted by molar-refractivity contribution is -0.151. The van der Waals surface area contributed by atoms with Crippen molar-refractivity contribution in [3.05, 3.63) is 48.0 Å². The minimum Gasteiger partial charge on any atom is -0.494 e. The molecular formula is C17H19N3O4. The van der Waals surface area contributed by atoms with Crippen molar-refractivity contribution in [2.24, 2.45) is 0 Å². The Bertz CT molecular complexity index is 714. The molecule has 0 fully saturated rings. The van der Waals surface area contributed by atoms with Crippen LogP contribution in [-0.4, -0.2) is 44.5 Å². The summed E-state index contributed by atoms with van der Waals surface area (Å²) in [6.45, 7) is 0.668. The van der Waals surface area contributed by atoms with E-state index in [2.05, 4.69) is 9.97 Å². The average molecular weight is 329 g/mol. The SMILES string of the molecule is O=C(O)C1Cc2nc[nH]c2CN1C(=O)CCCOc1ccccc1. The zero-order valence-electron chi connectivity index (χ0n) is 13.1. The predicted molar refractivity (Wildman–Crippen MR) is 85.4 cm³/mol. The molecule has 0 saturated heterocycles. The van der Waals surface area contributed by atoms with Crippen LogP contribution in [0.25, 0.3) is 0 Å². The van der Waals surface area contributed by atoms with Crippen LogP contribution in [0.2, 0.25) is 0 Å². The second kappa shape index (κ2) is 7.16. The fourth-order valence-electron chi connectivity index (χ4n) is 2.79. The number of aromatic amines is 1. The highest BCUT2D eigenvalue weighted by Crippen LogP contribution is 2.22. The van der Waals surface area contributed by atoms with Crippen molar-refractivity contribution in [1.82, 2.24) is 14.9 Å². The molecule has 0 aliphatic carbocycles. The lowest BCUT2D eigenvalue weighted by Gasteiger charge is -2.32. The van der Waals surface area contributed by atoms with Crippen molar-refractivity contribution < 1.29 is 19.4 Å². The Morgan fingerprint density at radius 3 is 2.88 bits per heavy atom. The van der Waals surface area contributed by atoms with Gasteiger partial charge in [-0.3, -0.25) is 4.79 Å². The van der Waals surface area contributed by atoms with Crippen molar-refractivity contribution in [1.29, 1.82) is 0 Å². The lowest BCUT2D eigenvalue weighted by Crippen LogP contribution is -2.48. The largest absolute Gasteiger partial charge is 0.494 e. The van der Waals surface area contributed by atoms with E-state index < -0.39 is 12.0 Å². The monoisotopic (exact) mass is 329 g/mol. The van der Waals surface area contributed by atoms with E-state index in [0.29, 0.717) is 13.0 Å². The van der Waals surface area contributed by atoms with Crippen LogP contribution in [0.4, 0.5) is 0 Å². The first-order chi connectivity index (χ1) is 11.6. The Hall–Kier alpha value is -2.83. The number of nitrogens with zero attached hydrogens (tertiary/aromatic N) is 2. The van der Waals surface area contributed by atoms with Crippen LogP contribution in [0.15, 0.2) is 36.7 Å². The van der Waals surface area contributed by atoms with Gasteiger partial charge in [-0.1, -0.05) is 18.2 Å². The number of fused-ring (bicyclic) bond motifs is 1. The number of carbonyl (C=O) groups is 2. The number of rotatable bonds is 6. The Kier molecular flexibility index (Phi) is 4.79. The molecule has 7 nitrogen and oxygen atoms in total. The van der Waals surface area contributed by atoms with Gasteiger partial charge in [0, 0.05) is 12.8 Å². The highest BCUT2D eigenvalue weighted by atomic mass is 16.5. The van der Waals surface area contributed by atoms with Crippen molar-refractivity contribution >= 4 is 11.9 Å². The molecule has 0 spiro atoms. The molecule has 2 heterocycles. The number of ether oxygens (including phenoxy) is 1. The number of amides is 1. The van der Waals surface area contributed by atoms with E-state index in [1.165, 1.54) is 11.2 Å². The van der Waals surface area contributed by atoms with Crippen LogP contribution in [-0.2, 0) is 22.6 Å². The Balaban J connectivity index is 1.54. The quantitative estimate of drug-likeness (QED) is 0.785. The van der Waals surface area contributed by atoms with Gasteiger partial charge in [0.15, 0.2) is 0 Å². The molecule has 1 aliphatic rings. The molecule has 0 radical (unpaired) electrons. The molecule has 0 bridgehead atoms. The van der Waals surface area contributed by atoms with Gasteiger partial charge in [0.05, 0.1) is 30.9 Å². The van der Waals surface area contributed by atoms with Crippen LogP contribution in [0, 0.1) is 0 Å². The van der Waals surface area contributed by atoms with Gasteiger partial charge in [0.2, 0.25) is 5.91 Å². The molecule has 1 amide bonds. The number of benzene rings is 1. The van der Waals surface area contributed by atoms with Crippen LogP contribution in [0.1, 0.15) is 24.2 Å². The van der Waals surface area contributed by atoms with E-state index >= 15 is 0 Å². The minimum atomic E-state index is -1.00. The lowest BCUT2D eigenvalue weighted by atomic mass is 10.0. The summed E-state index contributed by atoms with van der Waals surface area (Å²) in [5, 5.41) is 9.38. The summed E-state index contributed by atoms with van der Waals surface area (Å²) in [4.78, 5) is 32.4. The summed E-state index contributed by atoms with van der Waals surface area (Å²) in [7, 11) is 0. The molecule has 0 saturated carbocycles. The van der Waals surface area contributed by atoms with Gasteiger partial charge in [0.1, 0.15) is 11.8 Å². The molecule has 3 rings (SSSR count). The second-order valence-electron chi connectivity index (χ2n) is 5.67. The first-order valence-corrected chi connectivity index (χ1v) is 7.86. The summed E-state index contributed by atoms with van der Waals surface area (Å²) >= 11 is 0. The second-order valence-corrected chi connectivity index (χ2v) is 5.67. The summed E-state index contributed by atoms with van der Waals surface area (Å²) in [6, 6.07) is 8.52. The number of aromatic nitrogens is 2. The number of carboxylic acid groups (broad SMARTS) is 1. The van der Waals surface area contributed by atoms with Gasteiger partial charge in [-0.05, 0) is 18.6 Å². The van der Waals surface area contributed by atoms with Gasteiger partial charge in [-0.2, -0.15) is 0 Å². The molecular weight excluding hydrogens is 310 g/mol. The molecule has 24 heavy (non-hydrogen) atoms. The predicted octanol–water partition coefficient (Wildman–Crippen LogP) is 1.61. The van der Waals surface area contributed by atoms with E-state index in [0.717, 1.165) is 17.1 Å². The molecule has 1 unspecified atom stereocenters.